The van der Waals surface area contributed by atoms with E-state index < -0.39 is 41.8 Å². The molecule has 0 spiro atoms. The molecule has 13 heteroatoms. The van der Waals surface area contributed by atoms with Gasteiger partial charge in [0, 0.05) is 26.3 Å². The van der Waals surface area contributed by atoms with Crippen molar-refractivity contribution in [2.75, 3.05) is 6.54 Å². The highest BCUT2D eigenvalue weighted by Gasteiger charge is 2.29. The summed E-state index contributed by atoms with van der Waals surface area (Å²) >= 11 is 0. The second-order valence-corrected chi connectivity index (χ2v) is 8.97. The van der Waals surface area contributed by atoms with E-state index in [9.17, 15) is 29.4 Å². The summed E-state index contributed by atoms with van der Waals surface area (Å²) in [6, 6.07) is 8.88. The first kappa shape index (κ1) is 30.4. The Hall–Kier alpha value is -4.81. The van der Waals surface area contributed by atoms with Gasteiger partial charge in [0.1, 0.15) is 29.6 Å². The van der Waals surface area contributed by atoms with Crippen LogP contribution in [0.4, 0.5) is 0 Å². The molecule has 3 atom stereocenters. The quantitative estimate of drug-likeness (QED) is 0.0827. The lowest BCUT2D eigenvalue weighted by Crippen LogP contribution is -2.57. The SMILES string of the molecule is CC(=O)N[C@@H](CCCN=C(N)N)C(=O)N[C@@H](Cc1ccc(O)cc1)C(=O)N[C@@H](Cc1ccc(O)cc1)C(N)=O. The number of aliphatic imine (C=N–C) groups is 1. The zero-order valence-electron chi connectivity index (χ0n) is 21.6. The third-order valence-corrected chi connectivity index (χ3v) is 5.68. The van der Waals surface area contributed by atoms with Crippen LogP contribution >= 0.6 is 0 Å². The molecule has 0 heterocycles. The Kier molecular flexibility index (Phi) is 11.5. The Morgan fingerprint density at radius 1 is 0.744 bits per heavy atom. The topological polar surface area (TPSA) is 235 Å². The van der Waals surface area contributed by atoms with E-state index in [1.54, 1.807) is 24.3 Å². The van der Waals surface area contributed by atoms with Crippen molar-refractivity contribution in [3.05, 3.63) is 59.7 Å². The number of aromatic hydroxyl groups is 2. The smallest absolute Gasteiger partial charge is 0.243 e. The molecule has 11 N–H and O–H groups in total. The number of hydrogen-bond acceptors (Lipinski definition) is 7. The van der Waals surface area contributed by atoms with Crippen LogP contribution in [0, 0.1) is 0 Å². The van der Waals surface area contributed by atoms with Gasteiger partial charge < -0.3 is 43.4 Å². The van der Waals surface area contributed by atoms with Gasteiger partial charge in [0.15, 0.2) is 5.96 Å². The van der Waals surface area contributed by atoms with Gasteiger partial charge in [0.05, 0.1) is 0 Å². The van der Waals surface area contributed by atoms with Gasteiger partial charge in [0.2, 0.25) is 23.6 Å². The summed E-state index contributed by atoms with van der Waals surface area (Å²) < 4.78 is 0. The minimum atomic E-state index is -1.15. The number of carbonyl (C=O) groups is 4. The monoisotopic (exact) mass is 541 g/mol. The van der Waals surface area contributed by atoms with Gasteiger partial charge in [-0.1, -0.05) is 24.3 Å². The molecular weight excluding hydrogens is 506 g/mol. The molecule has 0 saturated carbocycles. The molecule has 0 aliphatic carbocycles. The van der Waals surface area contributed by atoms with E-state index in [2.05, 4.69) is 20.9 Å². The standard InChI is InChI=1S/C26H35N7O6/c1-15(34)31-20(3-2-12-30-26(28)29)24(38)33-22(14-17-6-10-19(36)11-7-17)25(39)32-21(23(27)37)13-16-4-8-18(35)9-5-16/h4-11,20-22,35-36H,2-3,12-14H2,1H3,(H2,27,37)(H,31,34)(H,32,39)(H,33,38)(H4,28,29,30)/t20-,21-,22-/m0/s1. The lowest BCUT2D eigenvalue weighted by molar-refractivity contribution is -0.133. The lowest BCUT2D eigenvalue weighted by atomic mass is 10.0. The Morgan fingerprint density at radius 3 is 1.67 bits per heavy atom. The summed E-state index contributed by atoms with van der Waals surface area (Å²) in [5.74, 6) is -2.57. The fourth-order valence-electron chi connectivity index (χ4n) is 3.73. The maximum Gasteiger partial charge on any atom is 0.243 e. The number of phenols is 2. The third-order valence-electron chi connectivity index (χ3n) is 5.68. The van der Waals surface area contributed by atoms with Crippen molar-refractivity contribution >= 4 is 29.6 Å². The Morgan fingerprint density at radius 2 is 1.21 bits per heavy atom. The summed E-state index contributed by atoms with van der Waals surface area (Å²) in [5.41, 5.74) is 17.4. The number of benzene rings is 2. The molecule has 2 aromatic rings. The fraction of sp³-hybridized carbons (Fsp3) is 0.346. The van der Waals surface area contributed by atoms with Gasteiger partial charge in [-0.3, -0.25) is 24.2 Å². The maximum absolute atomic E-state index is 13.3. The molecule has 0 aliphatic rings. The minimum Gasteiger partial charge on any atom is -0.508 e. The van der Waals surface area contributed by atoms with Crippen LogP contribution in [0.5, 0.6) is 11.5 Å². The van der Waals surface area contributed by atoms with Crippen LogP contribution < -0.4 is 33.2 Å². The summed E-state index contributed by atoms with van der Waals surface area (Å²) in [4.78, 5) is 54.2. The average molecular weight is 542 g/mol. The van der Waals surface area contributed by atoms with Gasteiger partial charge in [-0.2, -0.15) is 0 Å². The molecule has 13 nitrogen and oxygen atoms in total. The predicted octanol–water partition coefficient (Wildman–Crippen LogP) is -1.10. The highest BCUT2D eigenvalue weighted by atomic mass is 16.3. The van der Waals surface area contributed by atoms with E-state index in [0.29, 0.717) is 17.5 Å². The fourth-order valence-corrected chi connectivity index (χ4v) is 3.73. The van der Waals surface area contributed by atoms with Crippen molar-refractivity contribution in [3.8, 4) is 11.5 Å². The molecular formula is C26H35N7O6. The molecule has 2 rings (SSSR count). The molecule has 0 bridgehead atoms. The number of amides is 4. The van der Waals surface area contributed by atoms with Gasteiger partial charge in [-0.05, 0) is 48.2 Å². The largest absolute Gasteiger partial charge is 0.508 e. The van der Waals surface area contributed by atoms with Crippen LogP contribution in [-0.4, -0.2) is 64.5 Å². The number of carbonyl (C=O) groups excluding carboxylic acids is 4. The van der Waals surface area contributed by atoms with E-state index in [-0.39, 0.29) is 43.3 Å². The first-order chi connectivity index (χ1) is 18.4. The maximum atomic E-state index is 13.3. The van der Waals surface area contributed by atoms with Crippen LogP contribution in [0.1, 0.15) is 30.9 Å². The first-order valence-corrected chi connectivity index (χ1v) is 12.2. The molecule has 2 aromatic carbocycles. The van der Waals surface area contributed by atoms with Crippen LogP contribution in [0.3, 0.4) is 0 Å². The van der Waals surface area contributed by atoms with E-state index in [4.69, 9.17) is 17.2 Å². The molecule has 4 amide bonds. The Balaban J connectivity index is 2.23. The van der Waals surface area contributed by atoms with Gasteiger partial charge in [-0.25, -0.2) is 0 Å². The molecule has 0 fully saturated rings. The number of guanidine groups is 1. The number of nitrogens with two attached hydrogens (primary N) is 3. The van der Waals surface area contributed by atoms with E-state index in [1.807, 2.05) is 0 Å². The number of phenolic OH excluding ortho intramolecular Hbond substituents is 2. The second kappa shape index (κ2) is 14.8. The summed E-state index contributed by atoms with van der Waals surface area (Å²) in [5, 5.41) is 26.9. The second-order valence-electron chi connectivity index (χ2n) is 8.97. The third kappa shape index (κ3) is 11.0. The molecule has 0 aliphatic heterocycles. The highest BCUT2D eigenvalue weighted by Crippen LogP contribution is 2.14. The normalized spacial score (nSPS) is 12.8. The van der Waals surface area contributed by atoms with Crippen molar-refractivity contribution < 1.29 is 29.4 Å². The average Bonchev–Trinajstić information content (AvgIpc) is 2.87. The van der Waals surface area contributed by atoms with Crippen LogP contribution in [0.25, 0.3) is 0 Å². The van der Waals surface area contributed by atoms with Gasteiger partial charge in [0.25, 0.3) is 0 Å². The summed E-state index contributed by atoms with van der Waals surface area (Å²) in [7, 11) is 0. The van der Waals surface area contributed by atoms with Gasteiger partial charge >= 0.3 is 0 Å². The van der Waals surface area contributed by atoms with Crippen LogP contribution in [0.2, 0.25) is 0 Å². The minimum absolute atomic E-state index is 0.0172. The van der Waals surface area contributed by atoms with Crippen LogP contribution in [-0.2, 0) is 32.0 Å². The zero-order chi connectivity index (χ0) is 28.9. The van der Waals surface area contributed by atoms with Crippen molar-refractivity contribution in [2.45, 2.75) is 50.7 Å². The van der Waals surface area contributed by atoms with Crippen molar-refractivity contribution in [3.63, 3.8) is 0 Å². The molecule has 0 aromatic heterocycles. The highest BCUT2D eigenvalue weighted by molar-refractivity contribution is 5.94. The van der Waals surface area contributed by atoms with E-state index in [0.717, 1.165) is 0 Å². The van der Waals surface area contributed by atoms with Crippen LogP contribution in [0.15, 0.2) is 53.5 Å². The number of rotatable bonds is 14. The predicted molar refractivity (Wildman–Crippen MR) is 144 cm³/mol. The first-order valence-electron chi connectivity index (χ1n) is 12.2. The number of nitrogens with zero attached hydrogens (tertiary/aromatic N) is 1. The molecule has 39 heavy (non-hydrogen) atoms. The van der Waals surface area contributed by atoms with Crippen molar-refractivity contribution in [2.24, 2.45) is 22.2 Å². The van der Waals surface area contributed by atoms with Crippen molar-refractivity contribution in [1.82, 2.24) is 16.0 Å². The Bertz CT molecular complexity index is 1160. The Labute approximate surface area is 225 Å². The number of hydrogen-bond donors (Lipinski definition) is 8. The number of nitrogens with one attached hydrogen (secondary N) is 3. The van der Waals surface area contributed by atoms with Crippen molar-refractivity contribution in [1.29, 1.82) is 0 Å². The lowest BCUT2D eigenvalue weighted by Gasteiger charge is -2.25. The van der Waals surface area contributed by atoms with Gasteiger partial charge in [-0.15, -0.1) is 0 Å². The summed E-state index contributed by atoms with van der Waals surface area (Å²) in [6.45, 7) is 1.50. The molecule has 0 radical (unpaired) electrons. The molecule has 0 unspecified atom stereocenters. The summed E-state index contributed by atoms with van der Waals surface area (Å²) in [6.07, 6.45) is 0.645. The van der Waals surface area contributed by atoms with E-state index in [1.165, 1.54) is 31.2 Å². The number of primary amides is 1. The zero-order valence-corrected chi connectivity index (χ0v) is 21.6. The molecule has 0 saturated heterocycles. The van der Waals surface area contributed by atoms with E-state index >= 15 is 0 Å². The molecule has 210 valence electrons.